The Hall–Kier alpha value is -3.06. The molecule has 2 aromatic carbocycles. The molecule has 132 valence electrons. The number of rotatable bonds is 2. The Labute approximate surface area is 160 Å². The van der Waals surface area contributed by atoms with E-state index in [-0.39, 0.29) is 5.41 Å². The molecule has 1 unspecified atom stereocenters. The Morgan fingerprint density at radius 2 is 1.44 bits per heavy atom. The second kappa shape index (κ2) is 6.28. The number of allylic oxidation sites excluding steroid dienone is 9. The second-order valence-corrected chi connectivity index (χ2v) is 7.47. The van der Waals surface area contributed by atoms with Gasteiger partial charge in [0.2, 0.25) is 0 Å². The summed E-state index contributed by atoms with van der Waals surface area (Å²) in [5.74, 6) is 0.373. The highest BCUT2D eigenvalue weighted by molar-refractivity contribution is 5.70. The van der Waals surface area contributed by atoms with Crippen molar-refractivity contribution < 1.29 is 0 Å². The van der Waals surface area contributed by atoms with Crippen LogP contribution in [0.15, 0.2) is 120 Å². The van der Waals surface area contributed by atoms with E-state index in [2.05, 4.69) is 97.1 Å². The summed E-state index contributed by atoms with van der Waals surface area (Å²) in [4.78, 5) is 0. The van der Waals surface area contributed by atoms with Crippen LogP contribution in [0.4, 0.5) is 0 Å². The van der Waals surface area contributed by atoms with Crippen molar-refractivity contribution in [3.8, 4) is 0 Å². The normalized spacial score (nSPS) is 22.6. The quantitative estimate of drug-likeness (QED) is 0.751. The molecule has 1 atom stereocenters. The van der Waals surface area contributed by atoms with Crippen molar-refractivity contribution >= 4 is 0 Å². The lowest BCUT2D eigenvalue weighted by atomic mass is 9.64. The van der Waals surface area contributed by atoms with Crippen LogP contribution in [0.1, 0.15) is 24.0 Å². The van der Waals surface area contributed by atoms with Crippen LogP contribution in [0, 0.1) is 5.92 Å². The van der Waals surface area contributed by atoms with Crippen LogP contribution in [-0.4, -0.2) is 0 Å². The average Bonchev–Trinajstić information content (AvgIpc) is 2.85. The molecule has 3 aliphatic carbocycles. The van der Waals surface area contributed by atoms with Crippen LogP contribution in [0.5, 0.6) is 0 Å². The molecular weight excluding hydrogens is 326 g/mol. The van der Waals surface area contributed by atoms with E-state index in [1.54, 1.807) is 0 Å². The first-order valence-electron chi connectivity index (χ1n) is 9.68. The van der Waals surface area contributed by atoms with Crippen molar-refractivity contribution in [2.45, 2.75) is 18.3 Å². The van der Waals surface area contributed by atoms with Gasteiger partial charge in [-0.05, 0) is 41.2 Å². The number of benzene rings is 2. The van der Waals surface area contributed by atoms with E-state index in [9.17, 15) is 0 Å². The maximum atomic E-state index is 6.69. The maximum Gasteiger partial charge on any atom is 0.0690 e. The number of hydrogen-bond donors (Lipinski definition) is 1. The lowest BCUT2D eigenvalue weighted by Crippen LogP contribution is -2.33. The highest BCUT2D eigenvalue weighted by Gasteiger charge is 2.52. The SMILES string of the molecule is NC1=C2C(CC=C1)C1=C(C=CC=CC1)C2(c1ccccc1)c1ccccc1. The van der Waals surface area contributed by atoms with Crippen molar-refractivity contribution in [2.75, 3.05) is 0 Å². The first-order chi connectivity index (χ1) is 13.3. The van der Waals surface area contributed by atoms with E-state index in [4.69, 9.17) is 5.73 Å². The lowest BCUT2D eigenvalue weighted by Gasteiger charge is -2.38. The minimum Gasteiger partial charge on any atom is -0.399 e. The number of hydrogen-bond acceptors (Lipinski definition) is 1. The zero-order chi connectivity index (χ0) is 18.3. The summed E-state index contributed by atoms with van der Waals surface area (Å²) in [6.45, 7) is 0. The van der Waals surface area contributed by atoms with Crippen LogP contribution < -0.4 is 5.73 Å². The molecule has 2 aromatic rings. The lowest BCUT2D eigenvalue weighted by molar-refractivity contribution is 0.633. The minimum absolute atomic E-state index is 0.320. The van der Waals surface area contributed by atoms with Gasteiger partial charge in [0.05, 0.1) is 5.41 Å². The molecule has 1 heteroatoms. The van der Waals surface area contributed by atoms with Gasteiger partial charge in [-0.25, -0.2) is 0 Å². The molecule has 0 saturated heterocycles. The number of fused-ring (bicyclic) bond motifs is 2. The van der Waals surface area contributed by atoms with Crippen LogP contribution in [0.25, 0.3) is 0 Å². The molecule has 0 fully saturated rings. The molecule has 0 amide bonds. The Balaban J connectivity index is 1.93. The zero-order valence-corrected chi connectivity index (χ0v) is 15.3. The number of nitrogens with two attached hydrogens (primary N) is 1. The first kappa shape index (κ1) is 16.1. The van der Waals surface area contributed by atoms with E-state index in [1.807, 2.05) is 0 Å². The molecule has 0 aliphatic heterocycles. The van der Waals surface area contributed by atoms with Crippen molar-refractivity contribution in [3.05, 3.63) is 131 Å². The monoisotopic (exact) mass is 349 g/mol. The summed E-state index contributed by atoms with van der Waals surface area (Å²) < 4.78 is 0. The van der Waals surface area contributed by atoms with Gasteiger partial charge in [0.25, 0.3) is 0 Å². The van der Waals surface area contributed by atoms with Crippen LogP contribution >= 0.6 is 0 Å². The smallest absolute Gasteiger partial charge is 0.0690 e. The molecule has 1 nitrogen and oxygen atoms in total. The Morgan fingerprint density at radius 3 is 2.11 bits per heavy atom. The predicted molar refractivity (Wildman–Crippen MR) is 112 cm³/mol. The Kier molecular flexibility index (Phi) is 3.75. The molecule has 2 N–H and O–H groups in total. The molecule has 5 rings (SSSR count). The maximum absolute atomic E-state index is 6.69. The molecule has 3 aliphatic rings. The predicted octanol–water partition coefficient (Wildman–Crippen LogP) is 5.59. The molecular formula is C26H23N. The molecule has 0 radical (unpaired) electrons. The third kappa shape index (κ3) is 2.24. The van der Waals surface area contributed by atoms with E-state index in [0.717, 1.165) is 18.5 Å². The van der Waals surface area contributed by atoms with Crippen LogP contribution in [-0.2, 0) is 5.41 Å². The largest absolute Gasteiger partial charge is 0.399 e. The van der Waals surface area contributed by atoms with Gasteiger partial charge < -0.3 is 5.73 Å². The first-order valence-corrected chi connectivity index (χ1v) is 9.68. The molecule has 0 bridgehead atoms. The highest BCUT2D eigenvalue weighted by Crippen LogP contribution is 2.59. The molecule has 0 spiro atoms. The van der Waals surface area contributed by atoms with Crippen molar-refractivity contribution in [3.63, 3.8) is 0 Å². The van der Waals surface area contributed by atoms with Gasteiger partial charge in [-0.15, -0.1) is 0 Å². The minimum atomic E-state index is -0.320. The van der Waals surface area contributed by atoms with Crippen molar-refractivity contribution in [1.82, 2.24) is 0 Å². The van der Waals surface area contributed by atoms with Gasteiger partial charge >= 0.3 is 0 Å². The second-order valence-electron chi connectivity index (χ2n) is 7.47. The summed E-state index contributed by atoms with van der Waals surface area (Å²) in [6.07, 6.45) is 15.3. The topological polar surface area (TPSA) is 26.0 Å². The molecule has 0 saturated carbocycles. The third-order valence-corrected chi connectivity index (χ3v) is 6.16. The van der Waals surface area contributed by atoms with E-state index in [0.29, 0.717) is 5.92 Å². The summed E-state index contributed by atoms with van der Waals surface area (Å²) in [5, 5.41) is 0. The standard InChI is InChI=1S/C26H23N/c27-24-18-10-16-22-21-15-8-3-9-17-23(21)26(25(22)24,19-11-4-1-5-12-19)20-13-6-2-7-14-20/h1-14,17-18,22H,15-16,27H2. The molecule has 27 heavy (non-hydrogen) atoms. The fraction of sp³-hybridized carbons (Fsp3) is 0.154. The Morgan fingerprint density at radius 1 is 0.778 bits per heavy atom. The highest BCUT2D eigenvalue weighted by atomic mass is 14.6. The van der Waals surface area contributed by atoms with Gasteiger partial charge in [-0.3, -0.25) is 0 Å². The molecule has 0 aromatic heterocycles. The summed E-state index contributed by atoms with van der Waals surface area (Å²) in [6, 6.07) is 21.8. The zero-order valence-electron chi connectivity index (χ0n) is 15.3. The summed E-state index contributed by atoms with van der Waals surface area (Å²) >= 11 is 0. The third-order valence-electron chi connectivity index (χ3n) is 6.16. The van der Waals surface area contributed by atoms with Gasteiger partial charge in [-0.1, -0.05) is 96.6 Å². The fourth-order valence-electron chi connectivity index (χ4n) is 5.18. The average molecular weight is 349 g/mol. The van der Waals surface area contributed by atoms with Gasteiger partial charge in [0.1, 0.15) is 0 Å². The summed E-state index contributed by atoms with van der Waals surface area (Å²) in [7, 11) is 0. The Bertz CT molecular complexity index is 977. The molecule has 0 heterocycles. The van der Waals surface area contributed by atoms with Gasteiger partial charge in [-0.2, -0.15) is 0 Å². The van der Waals surface area contributed by atoms with Gasteiger partial charge in [0.15, 0.2) is 0 Å². The van der Waals surface area contributed by atoms with Crippen LogP contribution in [0.2, 0.25) is 0 Å². The van der Waals surface area contributed by atoms with E-state index >= 15 is 0 Å². The van der Waals surface area contributed by atoms with E-state index in [1.165, 1.54) is 27.8 Å². The van der Waals surface area contributed by atoms with Crippen LogP contribution in [0.3, 0.4) is 0 Å². The van der Waals surface area contributed by atoms with Crippen molar-refractivity contribution in [1.29, 1.82) is 0 Å². The fourth-order valence-corrected chi connectivity index (χ4v) is 5.18. The summed E-state index contributed by atoms with van der Waals surface area (Å²) in [5.41, 5.74) is 14.1. The van der Waals surface area contributed by atoms with E-state index < -0.39 is 0 Å². The van der Waals surface area contributed by atoms with Gasteiger partial charge in [0, 0.05) is 11.6 Å². The van der Waals surface area contributed by atoms with Crippen molar-refractivity contribution in [2.24, 2.45) is 11.7 Å².